The first-order valence-electron chi connectivity index (χ1n) is 11.6. The van der Waals surface area contributed by atoms with Gasteiger partial charge in [-0.05, 0) is 42.0 Å². The zero-order valence-electron chi connectivity index (χ0n) is 20.2. The number of anilines is 1. The van der Waals surface area contributed by atoms with E-state index in [1.54, 1.807) is 36.6 Å². The number of aldehydes is 2. The second kappa shape index (κ2) is 13.0. The maximum atomic E-state index is 11.6. The van der Waals surface area contributed by atoms with Gasteiger partial charge in [0.05, 0.1) is 22.2 Å². The molecule has 8 nitrogen and oxygen atoms in total. The number of fused-ring (bicyclic) bond motifs is 1. The van der Waals surface area contributed by atoms with Gasteiger partial charge in [0.2, 0.25) is 0 Å². The fourth-order valence-electron chi connectivity index (χ4n) is 3.50. The molecule has 9 heteroatoms. The maximum absolute atomic E-state index is 11.6. The van der Waals surface area contributed by atoms with Crippen LogP contribution in [0.2, 0.25) is 5.02 Å². The Labute approximate surface area is 224 Å². The average molecular weight is 531 g/mol. The third-order valence-corrected chi connectivity index (χ3v) is 5.68. The van der Waals surface area contributed by atoms with Gasteiger partial charge >= 0.3 is 0 Å². The van der Waals surface area contributed by atoms with Crippen molar-refractivity contribution in [2.24, 2.45) is 0 Å². The Morgan fingerprint density at radius 3 is 2.66 bits per heavy atom. The van der Waals surface area contributed by atoms with Crippen molar-refractivity contribution in [3.63, 3.8) is 0 Å². The molecule has 1 N–H and O–H groups in total. The van der Waals surface area contributed by atoms with Crippen molar-refractivity contribution in [2.45, 2.75) is 6.61 Å². The molecule has 1 heterocycles. The standard InChI is InChI=1S/C29H23ClN2O6/c30-25-12-23(17-34)27(37-18-21-4-1-3-20(11-21)15-31)14-28(25)38-19-22(16-33)5-2-8-32-24-6-7-26-29(13-24)36-10-9-35-26/h1-8,11-14,16-17,32H,9-10,18-19H2/b8-2-,22-5+. The predicted molar refractivity (Wildman–Crippen MR) is 142 cm³/mol. The quantitative estimate of drug-likeness (QED) is 0.197. The SMILES string of the molecule is N#Cc1cccc(COc2cc(OC/C(C=O)=C/C=C\Nc3ccc4c(c3)OCCO4)c(Cl)cc2C=O)c1. The molecule has 0 bridgehead atoms. The van der Waals surface area contributed by atoms with E-state index in [4.69, 9.17) is 35.8 Å². The monoisotopic (exact) mass is 530 g/mol. The van der Waals surface area contributed by atoms with Gasteiger partial charge in [0.1, 0.15) is 44.2 Å². The largest absolute Gasteiger partial charge is 0.488 e. The van der Waals surface area contributed by atoms with Gasteiger partial charge in [-0.25, -0.2) is 0 Å². The lowest BCUT2D eigenvalue weighted by atomic mass is 10.1. The van der Waals surface area contributed by atoms with E-state index in [-0.39, 0.29) is 35.3 Å². The van der Waals surface area contributed by atoms with Crippen LogP contribution in [-0.4, -0.2) is 32.4 Å². The number of nitrogens with zero attached hydrogens (tertiary/aromatic N) is 1. The summed E-state index contributed by atoms with van der Waals surface area (Å²) < 4.78 is 22.6. The molecule has 0 spiro atoms. The fourth-order valence-corrected chi connectivity index (χ4v) is 3.73. The van der Waals surface area contributed by atoms with Crippen molar-refractivity contribution in [2.75, 3.05) is 25.1 Å². The molecule has 0 unspecified atom stereocenters. The third kappa shape index (κ3) is 6.93. The fraction of sp³-hybridized carbons (Fsp3) is 0.138. The van der Waals surface area contributed by atoms with Crippen molar-refractivity contribution in [1.29, 1.82) is 5.26 Å². The number of allylic oxidation sites excluding steroid dienone is 2. The number of carbonyl (C=O) groups excluding carboxylic acids is 2. The van der Waals surface area contributed by atoms with E-state index in [1.807, 2.05) is 24.3 Å². The average Bonchev–Trinajstić information content (AvgIpc) is 2.96. The van der Waals surface area contributed by atoms with Gasteiger partial charge in [-0.1, -0.05) is 29.8 Å². The highest BCUT2D eigenvalue weighted by atomic mass is 35.5. The summed E-state index contributed by atoms with van der Waals surface area (Å²) in [5.41, 5.74) is 2.68. The molecule has 38 heavy (non-hydrogen) atoms. The van der Waals surface area contributed by atoms with E-state index in [0.29, 0.717) is 48.4 Å². The minimum atomic E-state index is -0.0539. The van der Waals surface area contributed by atoms with Crippen molar-refractivity contribution in [3.05, 3.63) is 100 Å². The number of rotatable bonds is 11. The Kier molecular flexibility index (Phi) is 9.00. The minimum absolute atomic E-state index is 0.0539. The maximum Gasteiger partial charge on any atom is 0.163 e. The van der Waals surface area contributed by atoms with Crippen molar-refractivity contribution < 1.29 is 28.5 Å². The van der Waals surface area contributed by atoms with E-state index in [0.717, 1.165) is 11.3 Å². The van der Waals surface area contributed by atoms with Gasteiger partial charge in [0.25, 0.3) is 0 Å². The van der Waals surface area contributed by atoms with Gasteiger partial charge in [-0.15, -0.1) is 0 Å². The third-order valence-electron chi connectivity index (χ3n) is 5.39. The van der Waals surface area contributed by atoms with Crippen LogP contribution in [-0.2, 0) is 11.4 Å². The Bertz CT molecular complexity index is 1430. The Morgan fingerprint density at radius 2 is 1.87 bits per heavy atom. The van der Waals surface area contributed by atoms with Crippen molar-refractivity contribution in [1.82, 2.24) is 0 Å². The van der Waals surface area contributed by atoms with Crippen LogP contribution in [0, 0.1) is 11.3 Å². The summed E-state index contributed by atoms with van der Waals surface area (Å²) >= 11 is 6.28. The lowest BCUT2D eigenvalue weighted by Crippen LogP contribution is -2.15. The Hall–Kier alpha value is -4.74. The van der Waals surface area contributed by atoms with Crippen molar-refractivity contribution >= 4 is 29.9 Å². The van der Waals surface area contributed by atoms with Crippen LogP contribution in [0.25, 0.3) is 0 Å². The molecule has 0 aromatic heterocycles. The molecular weight excluding hydrogens is 508 g/mol. The summed E-state index contributed by atoms with van der Waals surface area (Å²) in [6, 6.07) is 17.5. The normalized spacial score (nSPS) is 12.5. The highest BCUT2D eigenvalue weighted by molar-refractivity contribution is 6.32. The van der Waals surface area contributed by atoms with Crippen LogP contribution in [0.3, 0.4) is 0 Å². The highest BCUT2D eigenvalue weighted by Crippen LogP contribution is 2.34. The second-order valence-corrected chi connectivity index (χ2v) is 8.46. The summed E-state index contributed by atoms with van der Waals surface area (Å²) in [6.45, 7) is 1.11. The zero-order chi connectivity index (χ0) is 26.7. The first-order valence-corrected chi connectivity index (χ1v) is 12.0. The summed E-state index contributed by atoms with van der Waals surface area (Å²) in [5.74, 6) is 1.89. The number of ether oxygens (including phenoxy) is 4. The number of halogens is 1. The van der Waals surface area contributed by atoms with Crippen LogP contribution in [0.4, 0.5) is 5.69 Å². The van der Waals surface area contributed by atoms with E-state index < -0.39 is 0 Å². The minimum Gasteiger partial charge on any atom is -0.488 e. The molecule has 3 aromatic rings. The smallest absolute Gasteiger partial charge is 0.163 e. The molecule has 4 rings (SSSR count). The molecule has 0 amide bonds. The van der Waals surface area contributed by atoms with Crippen LogP contribution < -0.4 is 24.3 Å². The van der Waals surface area contributed by atoms with Crippen LogP contribution in [0.15, 0.2) is 78.5 Å². The van der Waals surface area contributed by atoms with Crippen molar-refractivity contribution in [3.8, 4) is 29.1 Å². The van der Waals surface area contributed by atoms with E-state index in [2.05, 4.69) is 11.4 Å². The summed E-state index contributed by atoms with van der Waals surface area (Å²) in [4.78, 5) is 23.1. The molecule has 192 valence electrons. The molecule has 0 saturated heterocycles. The first kappa shape index (κ1) is 26.3. The van der Waals surface area contributed by atoms with Crippen LogP contribution in [0.5, 0.6) is 23.0 Å². The number of hydrogen-bond donors (Lipinski definition) is 1. The molecule has 0 fully saturated rings. The van der Waals surface area contributed by atoms with Gasteiger partial charge < -0.3 is 24.3 Å². The van der Waals surface area contributed by atoms with E-state index in [9.17, 15) is 9.59 Å². The molecule has 1 aliphatic rings. The lowest BCUT2D eigenvalue weighted by molar-refractivity contribution is -0.105. The lowest BCUT2D eigenvalue weighted by Gasteiger charge is -2.18. The van der Waals surface area contributed by atoms with Gasteiger partial charge in [0.15, 0.2) is 17.8 Å². The van der Waals surface area contributed by atoms with E-state index in [1.165, 1.54) is 12.1 Å². The van der Waals surface area contributed by atoms with Gasteiger partial charge in [-0.2, -0.15) is 5.26 Å². The highest BCUT2D eigenvalue weighted by Gasteiger charge is 2.13. The number of carbonyl (C=O) groups is 2. The second-order valence-electron chi connectivity index (χ2n) is 8.05. The summed E-state index contributed by atoms with van der Waals surface area (Å²) in [6.07, 6.45) is 6.26. The Morgan fingerprint density at radius 1 is 1.03 bits per heavy atom. The first-order chi connectivity index (χ1) is 18.6. The number of nitrogens with one attached hydrogen (secondary N) is 1. The number of nitriles is 1. The Balaban J connectivity index is 1.38. The number of hydrogen-bond acceptors (Lipinski definition) is 8. The number of benzene rings is 3. The summed E-state index contributed by atoms with van der Waals surface area (Å²) in [5, 5.41) is 12.4. The molecule has 0 saturated carbocycles. The summed E-state index contributed by atoms with van der Waals surface area (Å²) in [7, 11) is 0. The molecule has 3 aromatic carbocycles. The molecule has 0 atom stereocenters. The predicted octanol–water partition coefficient (Wildman–Crippen LogP) is 5.50. The zero-order valence-corrected chi connectivity index (χ0v) is 20.9. The van der Waals surface area contributed by atoms with Gasteiger partial charge in [-0.3, -0.25) is 9.59 Å². The molecular formula is C29H23ClN2O6. The molecule has 0 aliphatic carbocycles. The van der Waals surface area contributed by atoms with Crippen LogP contribution in [0.1, 0.15) is 21.5 Å². The molecule has 0 radical (unpaired) electrons. The van der Waals surface area contributed by atoms with Gasteiger partial charge in [0, 0.05) is 29.6 Å². The van der Waals surface area contributed by atoms with Crippen LogP contribution >= 0.6 is 11.6 Å². The van der Waals surface area contributed by atoms with E-state index >= 15 is 0 Å². The molecule has 1 aliphatic heterocycles. The topological polar surface area (TPSA) is 107 Å².